The van der Waals surface area contributed by atoms with Crippen molar-refractivity contribution >= 4 is 0 Å². The Kier molecular flexibility index (Phi) is 3.44. The van der Waals surface area contributed by atoms with Gasteiger partial charge in [0.05, 0.1) is 13.3 Å². The first-order chi connectivity index (χ1) is 8.28. The summed E-state index contributed by atoms with van der Waals surface area (Å²) >= 11 is 0. The Morgan fingerprint density at radius 3 is 2.82 bits per heavy atom. The first-order valence-corrected chi connectivity index (χ1v) is 5.68. The van der Waals surface area contributed by atoms with Crippen molar-refractivity contribution in [2.45, 2.75) is 20.0 Å². The van der Waals surface area contributed by atoms with E-state index in [0.29, 0.717) is 6.54 Å². The summed E-state index contributed by atoms with van der Waals surface area (Å²) in [5.41, 5.74) is 9.05. The van der Waals surface area contributed by atoms with Crippen LogP contribution in [0.3, 0.4) is 0 Å². The highest BCUT2D eigenvalue weighted by molar-refractivity contribution is 5.67. The van der Waals surface area contributed by atoms with Crippen molar-refractivity contribution in [2.24, 2.45) is 5.73 Å². The minimum Gasteiger partial charge on any atom is -0.497 e. The lowest BCUT2D eigenvalue weighted by Crippen LogP contribution is -1.99. The lowest BCUT2D eigenvalue weighted by atomic mass is 10.0. The molecule has 0 aliphatic heterocycles. The molecule has 0 bridgehead atoms. The highest BCUT2D eigenvalue weighted by Crippen LogP contribution is 2.26. The molecule has 0 radical (unpaired) electrons. The van der Waals surface area contributed by atoms with Gasteiger partial charge in [0.1, 0.15) is 5.75 Å². The number of methoxy groups -OCH3 is 1. The van der Waals surface area contributed by atoms with Crippen molar-refractivity contribution in [1.82, 2.24) is 9.78 Å². The second kappa shape index (κ2) is 5.01. The fraction of sp³-hybridized carbons (Fsp3) is 0.308. The van der Waals surface area contributed by atoms with Crippen LogP contribution in [0.4, 0.5) is 0 Å². The van der Waals surface area contributed by atoms with Gasteiger partial charge in [-0.2, -0.15) is 5.10 Å². The summed E-state index contributed by atoms with van der Waals surface area (Å²) in [6.07, 6.45) is 3.89. The Labute approximate surface area is 101 Å². The summed E-state index contributed by atoms with van der Waals surface area (Å²) in [6.45, 7) is 3.42. The third-order valence-electron chi connectivity index (χ3n) is 2.80. The van der Waals surface area contributed by atoms with Crippen LogP contribution >= 0.6 is 0 Å². The van der Waals surface area contributed by atoms with Gasteiger partial charge in [-0.15, -0.1) is 0 Å². The third kappa shape index (κ3) is 2.31. The SMILES string of the molecule is CCn1cc(-c2ccc(OC)cc2CN)cn1. The van der Waals surface area contributed by atoms with Gasteiger partial charge in [-0.05, 0) is 30.2 Å². The van der Waals surface area contributed by atoms with Gasteiger partial charge in [-0.25, -0.2) is 0 Å². The maximum absolute atomic E-state index is 5.77. The lowest BCUT2D eigenvalue weighted by Gasteiger charge is -2.08. The molecule has 2 rings (SSSR count). The number of nitrogens with zero attached hydrogens (tertiary/aromatic N) is 2. The average molecular weight is 231 g/mol. The zero-order valence-electron chi connectivity index (χ0n) is 10.2. The number of rotatable bonds is 4. The molecule has 17 heavy (non-hydrogen) atoms. The van der Waals surface area contributed by atoms with Crippen LogP contribution in [0.25, 0.3) is 11.1 Å². The molecule has 4 nitrogen and oxygen atoms in total. The zero-order valence-corrected chi connectivity index (χ0v) is 10.2. The molecule has 0 aliphatic rings. The van der Waals surface area contributed by atoms with Crippen LogP contribution in [0.1, 0.15) is 12.5 Å². The van der Waals surface area contributed by atoms with Gasteiger partial charge in [0.15, 0.2) is 0 Å². The van der Waals surface area contributed by atoms with Crippen molar-refractivity contribution in [2.75, 3.05) is 7.11 Å². The summed E-state index contributed by atoms with van der Waals surface area (Å²) in [5.74, 6) is 0.831. The third-order valence-corrected chi connectivity index (χ3v) is 2.80. The molecule has 1 aromatic carbocycles. The summed E-state index contributed by atoms with van der Waals surface area (Å²) < 4.78 is 7.10. The molecule has 0 unspecified atom stereocenters. The molecule has 0 atom stereocenters. The summed E-state index contributed by atoms with van der Waals surface area (Å²) in [7, 11) is 1.66. The topological polar surface area (TPSA) is 53.1 Å². The molecular weight excluding hydrogens is 214 g/mol. The Balaban J connectivity index is 2.43. The smallest absolute Gasteiger partial charge is 0.119 e. The first kappa shape index (κ1) is 11.7. The van der Waals surface area contributed by atoms with Crippen molar-refractivity contribution in [3.05, 3.63) is 36.2 Å². The monoisotopic (exact) mass is 231 g/mol. The lowest BCUT2D eigenvalue weighted by molar-refractivity contribution is 0.414. The molecule has 0 amide bonds. The van der Waals surface area contributed by atoms with Crippen LogP contribution in [0.5, 0.6) is 5.75 Å². The minimum atomic E-state index is 0.490. The van der Waals surface area contributed by atoms with E-state index in [4.69, 9.17) is 10.5 Å². The Morgan fingerprint density at radius 2 is 2.24 bits per heavy atom. The Bertz CT molecular complexity index is 505. The predicted octanol–water partition coefficient (Wildman–Crippen LogP) is 2.04. The molecule has 0 saturated heterocycles. The quantitative estimate of drug-likeness (QED) is 0.876. The van der Waals surface area contributed by atoms with E-state index >= 15 is 0 Å². The van der Waals surface area contributed by atoms with Crippen molar-refractivity contribution in [3.63, 3.8) is 0 Å². The van der Waals surface area contributed by atoms with E-state index in [1.165, 1.54) is 0 Å². The zero-order chi connectivity index (χ0) is 12.3. The van der Waals surface area contributed by atoms with Crippen LogP contribution in [0, 0.1) is 0 Å². The predicted molar refractivity (Wildman–Crippen MR) is 67.8 cm³/mol. The second-order valence-corrected chi connectivity index (χ2v) is 3.81. The number of ether oxygens (including phenoxy) is 1. The average Bonchev–Trinajstić information content (AvgIpc) is 2.86. The van der Waals surface area contributed by atoms with E-state index in [2.05, 4.69) is 12.0 Å². The number of aromatic nitrogens is 2. The van der Waals surface area contributed by atoms with Gasteiger partial charge in [0, 0.05) is 24.8 Å². The largest absolute Gasteiger partial charge is 0.497 e. The van der Waals surface area contributed by atoms with Crippen LogP contribution in [0.15, 0.2) is 30.6 Å². The Hall–Kier alpha value is -1.81. The van der Waals surface area contributed by atoms with E-state index in [1.54, 1.807) is 7.11 Å². The maximum atomic E-state index is 5.77. The number of benzene rings is 1. The number of nitrogens with two attached hydrogens (primary N) is 1. The fourth-order valence-corrected chi connectivity index (χ4v) is 1.82. The van der Waals surface area contributed by atoms with E-state index in [9.17, 15) is 0 Å². The maximum Gasteiger partial charge on any atom is 0.119 e. The molecule has 90 valence electrons. The van der Waals surface area contributed by atoms with Crippen LogP contribution in [0.2, 0.25) is 0 Å². The minimum absolute atomic E-state index is 0.490. The number of hydrogen-bond donors (Lipinski definition) is 1. The summed E-state index contributed by atoms with van der Waals surface area (Å²) in [5, 5.41) is 4.27. The molecule has 0 spiro atoms. The van der Waals surface area contributed by atoms with Gasteiger partial charge in [-0.1, -0.05) is 6.07 Å². The molecule has 2 aromatic rings. The standard InChI is InChI=1S/C13H17N3O/c1-3-16-9-11(8-15-16)13-5-4-12(17-2)6-10(13)7-14/h4-6,8-9H,3,7,14H2,1-2H3. The normalized spacial score (nSPS) is 10.5. The van der Waals surface area contributed by atoms with Crippen molar-refractivity contribution < 1.29 is 4.74 Å². The van der Waals surface area contributed by atoms with Gasteiger partial charge in [-0.3, -0.25) is 4.68 Å². The van der Waals surface area contributed by atoms with E-state index < -0.39 is 0 Å². The van der Waals surface area contributed by atoms with Gasteiger partial charge < -0.3 is 10.5 Å². The fourth-order valence-electron chi connectivity index (χ4n) is 1.82. The van der Waals surface area contributed by atoms with Gasteiger partial charge in [0.25, 0.3) is 0 Å². The van der Waals surface area contributed by atoms with Crippen molar-refractivity contribution in [3.8, 4) is 16.9 Å². The van der Waals surface area contributed by atoms with Gasteiger partial charge in [0.2, 0.25) is 0 Å². The highest BCUT2D eigenvalue weighted by Gasteiger charge is 2.07. The molecular formula is C13H17N3O. The molecule has 1 heterocycles. The van der Waals surface area contributed by atoms with Crippen molar-refractivity contribution in [1.29, 1.82) is 0 Å². The number of hydrogen-bond acceptors (Lipinski definition) is 3. The van der Waals surface area contributed by atoms with Crippen LogP contribution in [-0.2, 0) is 13.1 Å². The molecule has 1 aromatic heterocycles. The molecule has 0 aliphatic carbocycles. The summed E-state index contributed by atoms with van der Waals surface area (Å²) in [6, 6.07) is 5.94. The summed E-state index contributed by atoms with van der Waals surface area (Å²) in [4.78, 5) is 0. The molecule has 2 N–H and O–H groups in total. The Morgan fingerprint density at radius 1 is 1.41 bits per heavy atom. The van der Waals surface area contributed by atoms with Crippen LogP contribution in [-0.4, -0.2) is 16.9 Å². The molecule has 4 heteroatoms. The number of aryl methyl sites for hydroxylation is 1. The van der Waals surface area contributed by atoms with E-state index in [1.807, 2.05) is 35.3 Å². The van der Waals surface area contributed by atoms with Crippen LogP contribution < -0.4 is 10.5 Å². The second-order valence-electron chi connectivity index (χ2n) is 3.81. The van der Waals surface area contributed by atoms with Gasteiger partial charge >= 0.3 is 0 Å². The highest BCUT2D eigenvalue weighted by atomic mass is 16.5. The molecule has 0 saturated carbocycles. The van der Waals surface area contributed by atoms with E-state index in [-0.39, 0.29) is 0 Å². The molecule has 0 fully saturated rings. The first-order valence-electron chi connectivity index (χ1n) is 5.68. The van der Waals surface area contributed by atoms with E-state index in [0.717, 1.165) is 29.0 Å².